The van der Waals surface area contributed by atoms with E-state index in [9.17, 15) is 4.79 Å². The molecule has 1 N–H and O–H groups in total. The maximum atomic E-state index is 12.8. The number of ether oxygens (including phenoxy) is 1. The van der Waals surface area contributed by atoms with E-state index < -0.39 is 6.10 Å². The van der Waals surface area contributed by atoms with Crippen LogP contribution >= 0.6 is 0 Å². The Balaban J connectivity index is 1.86. The van der Waals surface area contributed by atoms with Gasteiger partial charge in [-0.2, -0.15) is 5.10 Å². The van der Waals surface area contributed by atoms with E-state index in [0.717, 1.165) is 48.7 Å². The van der Waals surface area contributed by atoms with Crippen LogP contribution in [-0.2, 0) is 16.6 Å². The molecule has 1 atom stereocenters. The minimum Gasteiger partial charge on any atom is -0.367 e. The molecule has 1 aliphatic rings. The lowest BCUT2D eigenvalue weighted by molar-refractivity contribution is -0.126. The predicted octanol–water partition coefficient (Wildman–Crippen LogP) is 2.65. The molecule has 0 bridgehead atoms. The standard InChI is InChI=1S/C18H24N4O2/c1-13-15(17(20-21(13)2)22-11-7-8-12-22)19-18(23)16(24-3)14-9-5-4-6-10-14/h4-6,9-10,16H,7-8,11-12H2,1-3H3,(H,19,23)/t16-/m1/s1. The van der Waals surface area contributed by atoms with E-state index in [1.54, 1.807) is 7.11 Å². The topological polar surface area (TPSA) is 59.4 Å². The number of methoxy groups -OCH3 is 1. The number of carbonyl (C=O) groups is 1. The fourth-order valence-corrected chi connectivity index (χ4v) is 3.10. The van der Waals surface area contributed by atoms with Crippen molar-refractivity contribution in [2.24, 2.45) is 7.05 Å². The van der Waals surface area contributed by atoms with Crippen molar-refractivity contribution in [2.75, 3.05) is 30.4 Å². The van der Waals surface area contributed by atoms with E-state index >= 15 is 0 Å². The number of nitrogens with zero attached hydrogens (tertiary/aromatic N) is 3. The number of aromatic nitrogens is 2. The fraction of sp³-hybridized carbons (Fsp3) is 0.444. The lowest BCUT2D eigenvalue weighted by Crippen LogP contribution is -2.25. The Labute approximate surface area is 142 Å². The van der Waals surface area contributed by atoms with Gasteiger partial charge in [-0.1, -0.05) is 30.3 Å². The molecule has 1 aromatic heterocycles. The molecule has 2 aromatic rings. The van der Waals surface area contributed by atoms with Crippen LogP contribution in [0, 0.1) is 6.92 Å². The average molecular weight is 328 g/mol. The molecule has 6 nitrogen and oxygen atoms in total. The van der Waals surface area contributed by atoms with Gasteiger partial charge in [0.1, 0.15) is 5.69 Å². The summed E-state index contributed by atoms with van der Waals surface area (Å²) in [5, 5.41) is 7.63. The minimum atomic E-state index is -0.641. The minimum absolute atomic E-state index is 0.180. The van der Waals surface area contributed by atoms with Crippen LogP contribution in [0.4, 0.5) is 11.5 Å². The second-order valence-electron chi connectivity index (χ2n) is 6.12. The molecule has 0 saturated carbocycles. The molecule has 1 aliphatic heterocycles. The molecule has 0 aliphatic carbocycles. The molecule has 6 heteroatoms. The van der Waals surface area contributed by atoms with E-state index in [2.05, 4.69) is 15.3 Å². The van der Waals surface area contributed by atoms with Crippen molar-refractivity contribution in [3.8, 4) is 0 Å². The quantitative estimate of drug-likeness (QED) is 0.917. The molecule has 1 amide bonds. The van der Waals surface area contributed by atoms with Crippen LogP contribution in [0.3, 0.4) is 0 Å². The predicted molar refractivity (Wildman–Crippen MR) is 94.2 cm³/mol. The summed E-state index contributed by atoms with van der Waals surface area (Å²) in [7, 11) is 3.45. The second-order valence-corrected chi connectivity index (χ2v) is 6.12. The summed E-state index contributed by atoms with van der Waals surface area (Å²) in [5.74, 6) is 0.670. The van der Waals surface area contributed by atoms with Gasteiger partial charge in [0.25, 0.3) is 5.91 Å². The van der Waals surface area contributed by atoms with Gasteiger partial charge in [0.2, 0.25) is 0 Å². The van der Waals surface area contributed by atoms with Crippen molar-refractivity contribution in [3.05, 3.63) is 41.6 Å². The first-order chi connectivity index (χ1) is 11.6. The molecular weight excluding hydrogens is 304 g/mol. The van der Waals surface area contributed by atoms with Crippen LogP contribution in [0.1, 0.15) is 30.2 Å². The molecule has 1 aromatic carbocycles. The van der Waals surface area contributed by atoms with Gasteiger partial charge in [0, 0.05) is 27.2 Å². The number of hydrogen-bond acceptors (Lipinski definition) is 4. The monoisotopic (exact) mass is 328 g/mol. The SMILES string of the molecule is CO[C@@H](C(=O)Nc1c(N2CCCC2)nn(C)c1C)c1ccccc1. The number of anilines is 2. The number of amides is 1. The van der Waals surface area contributed by atoms with E-state index in [4.69, 9.17) is 4.74 Å². The largest absolute Gasteiger partial charge is 0.367 e. The van der Waals surface area contributed by atoms with Crippen LogP contribution in [0.2, 0.25) is 0 Å². The molecule has 1 saturated heterocycles. The molecule has 0 radical (unpaired) electrons. The average Bonchev–Trinajstić information content (AvgIpc) is 3.21. The lowest BCUT2D eigenvalue weighted by atomic mass is 10.1. The third-order valence-electron chi connectivity index (χ3n) is 4.55. The Morgan fingerprint density at radius 3 is 2.54 bits per heavy atom. The van der Waals surface area contributed by atoms with Crippen molar-refractivity contribution in [1.29, 1.82) is 0 Å². The fourth-order valence-electron chi connectivity index (χ4n) is 3.10. The Kier molecular flexibility index (Phi) is 4.85. The summed E-state index contributed by atoms with van der Waals surface area (Å²) >= 11 is 0. The third kappa shape index (κ3) is 3.14. The van der Waals surface area contributed by atoms with E-state index in [0.29, 0.717) is 0 Å². The van der Waals surface area contributed by atoms with Crippen molar-refractivity contribution in [2.45, 2.75) is 25.9 Å². The van der Waals surface area contributed by atoms with Crippen LogP contribution in [0.15, 0.2) is 30.3 Å². The molecule has 3 rings (SSSR count). The first kappa shape index (κ1) is 16.5. The van der Waals surface area contributed by atoms with Gasteiger partial charge >= 0.3 is 0 Å². The Morgan fingerprint density at radius 1 is 1.25 bits per heavy atom. The highest BCUT2D eigenvalue weighted by Gasteiger charge is 2.26. The van der Waals surface area contributed by atoms with Gasteiger partial charge < -0.3 is 15.0 Å². The number of hydrogen-bond donors (Lipinski definition) is 1. The molecule has 24 heavy (non-hydrogen) atoms. The number of carbonyl (C=O) groups excluding carboxylic acids is 1. The number of benzene rings is 1. The number of aryl methyl sites for hydroxylation is 1. The lowest BCUT2D eigenvalue weighted by Gasteiger charge is -2.19. The molecular formula is C18H24N4O2. The maximum absolute atomic E-state index is 12.8. The van der Waals surface area contributed by atoms with Crippen LogP contribution in [0.25, 0.3) is 0 Å². The van der Waals surface area contributed by atoms with Gasteiger partial charge in [-0.05, 0) is 25.3 Å². The van der Waals surface area contributed by atoms with Gasteiger partial charge in [-0.25, -0.2) is 0 Å². The second kappa shape index (κ2) is 7.05. The zero-order chi connectivity index (χ0) is 17.1. The maximum Gasteiger partial charge on any atom is 0.258 e. The summed E-state index contributed by atoms with van der Waals surface area (Å²) in [6.45, 7) is 3.92. The zero-order valence-corrected chi connectivity index (χ0v) is 14.5. The normalized spacial score (nSPS) is 15.5. The van der Waals surface area contributed by atoms with Crippen molar-refractivity contribution in [3.63, 3.8) is 0 Å². The van der Waals surface area contributed by atoms with Gasteiger partial charge in [-0.15, -0.1) is 0 Å². The van der Waals surface area contributed by atoms with Crippen LogP contribution in [-0.4, -0.2) is 35.9 Å². The molecule has 2 heterocycles. The van der Waals surface area contributed by atoms with Crippen molar-refractivity contribution >= 4 is 17.4 Å². The van der Waals surface area contributed by atoms with Gasteiger partial charge in [0.15, 0.2) is 11.9 Å². The number of rotatable bonds is 5. The van der Waals surface area contributed by atoms with Gasteiger partial charge in [-0.3, -0.25) is 9.48 Å². The van der Waals surface area contributed by atoms with Crippen LogP contribution in [0.5, 0.6) is 0 Å². The first-order valence-electron chi connectivity index (χ1n) is 8.29. The molecule has 0 spiro atoms. The smallest absolute Gasteiger partial charge is 0.258 e. The molecule has 0 unspecified atom stereocenters. The van der Waals surface area contributed by atoms with E-state index in [1.165, 1.54) is 0 Å². The zero-order valence-electron chi connectivity index (χ0n) is 14.5. The summed E-state index contributed by atoms with van der Waals surface area (Å²) in [4.78, 5) is 15.0. The summed E-state index contributed by atoms with van der Waals surface area (Å²) in [5.41, 5.74) is 2.55. The van der Waals surface area contributed by atoms with Gasteiger partial charge in [0.05, 0.1) is 5.69 Å². The summed E-state index contributed by atoms with van der Waals surface area (Å²) in [6.07, 6.45) is 1.68. The Morgan fingerprint density at radius 2 is 1.92 bits per heavy atom. The highest BCUT2D eigenvalue weighted by molar-refractivity contribution is 5.98. The summed E-state index contributed by atoms with van der Waals surface area (Å²) in [6, 6.07) is 9.51. The van der Waals surface area contributed by atoms with Crippen molar-refractivity contribution < 1.29 is 9.53 Å². The Bertz CT molecular complexity index is 705. The molecule has 1 fully saturated rings. The highest BCUT2D eigenvalue weighted by atomic mass is 16.5. The summed E-state index contributed by atoms with van der Waals surface area (Å²) < 4.78 is 7.24. The van der Waals surface area contributed by atoms with E-state index in [-0.39, 0.29) is 5.91 Å². The third-order valence-corrected chi connectivity index (χ3v) is 4.55. The van der Waals surface area contributed by atoms with Crippen molar-refractivity contribution in [1.82, 2.24) is 9.78 Å². The highest BCUT2D eigenvalue weighted by Crippen LogP contribution is 2.31. The van der Waals surface area contributed by atoms with Crippen LogP contribution < -0.4 is 10.2 Å². The first-order valence-corrected chi connectivity index (χ1v) is 8.29. The number of nitrogens with one attached hydrogen (secondary N) is 1. The molecule has 128 valence electrons. The Hall–Kier alpha value is -2.34. The van der Waals surface area contributed by atoms with E-state index in [1.807, 2.05) is 49.0 Å².